The van der Waals surface area contributed by atoms with Crippen LogP contribution >= 0.6 is 11.6 Å². The number of halogens is 2. The van der Waals surface area contributed by atoms with Crippen molar-refractivity contribution in [2.45, 2.75) is 43.8 Å². The van der Waals surface area contributed by atoms with Gasteiger partial charge in [0.2, 0.25) is 0 Å². The average Bonchev–Trinajstić information content (AvgIpc) is 3.61. The zero-order chi connectivity index (χ0) is 25.1. The van der Waals surface area contributed by atoms with Gasteiger partial charge in [0, 0.05) is 64.8 Å². The Morgan fingerprint density at radius 3 is 2.70 bits per heavy atom. The van der Waals surface area contributed by atoms with E-state index in [9.17, 15) is 0 Å². The van der Waals surface area contributed by atoms with Crippen LogP contribution in [-0.4, -0.2) is 71.3 Å². The molecule has 0 saturated carbocycles. The quantitative estimate of drug-likeness (QED) is 0.386. The number of hydrogen-bond donors (Lipinski definition) is 2. The third-order valence-electron chi connectivity index (χ3n) is 8.30. The predicted molar refractivity (Wildman–Crippen MR) is 145 cm³/mol. The fourth-order valence-corrected chi connectivity index (χ4v) is 6.60. The topological polar surface area (TPSA) is 69.3 Å². The van der Waals surface area contributed by atoms with Gasteiger partial charge in [-0.2, -0.15) is 9.97 Å². The van der Waals surface area contributed by atoms with E-state index in [4.69, 9.17) is 21.3 Å². The molecule has 3 atom stereocenters. The van der Waals surface area contributed by atoms with Gasteiger partial charge in [0.05, 0.1) is 5.02 Å². The number of nitrogens with one attached hydrogen (secondary N) is 2. The number of likely N-dealkylation sites (N-methyl/N-ethyl adjacent to an activating group) is 1. The lowest BCUT2D eigenvalue weighted by atomic mass is 10.0. The fourth-order valence-electron chi connectivity index (χ4n) is 6.32. The molecule has 2 bridgehead atoms. The van der Waals surface area contributed by atoms with Gasteiger partial charge < -0.3 is 24.8 Å². The molecule has 0 spiro atoms. The first-order valence-corrected chi connectivity index (χ1v) is 13.5. The van der Waals surface area contributed by atoms with Crippen molar-refractivity contribution in [3.8, 4) is 17.1 Å². The third kappa shape index (κ3) is 4.02. The molecule has 7 rings (SSSR count). The van der Waals surface area contributed by atoms with Crippen LogP contribution in [0.25, 0.3) is 32.9 Å². The number of ether oxygens (including phenoxy) is 1. The summed E-state index contributed by atoms with van der Waals surface area (Å²) >= 11 is 6.52. The molecule has 192 valence electrons. The molecule has 3 saturated heterocycles. The van der Waals surface area contributed by atoms with Crippen LogP contribution in [0.3, 0.4) is 0 Å². The Bertz CT molecular complexity index is 1480. The van der Waals surface area contributed by atoms with Gasteiger partial charge in [-0.1, -0.05) is 23.7 Å². The number of fused-ring (bicyclic) bond motifs is 4. The molecule has 37 heavy (non-hydrogen) atoms. The van der Waals surface area contributed by atoms with Crippen LogP contribution in [-0.2, 0) is 0 Å². The molecule has 5 heterocycles. The Kier molecular flexibility index (Phi) is 5.71. The zero-order valence-electron chi connectivity index (χ0n) is 20.8. The van der Waals surface area contributed by atoms with Gasteiger partial charge in [0.25, 0.3) is 0 Å². The van der Waals surface area contributed by atoms with E-state index in [0.717, 1.165) is 67.6 Å². The van der Waals surface area contributed by atoms with Crippen molar-refractivity contribution in [2.24, 2.45) is 0 Å². The van der Waals surface area contributed by atoms with Gasteiger partial charge in [-0.25, -0.2) is 4.39 Å². The molecule has 3 fully saturated rings. The van der Waals surface area contributed by atoms with Gasteiger partial charge in [-0.15, -0.1) is 0 Å². The van der Waals surface area contributed by atoms with Crippen molar-refractivity contribution in [2.75, 3.05) is 38.2 Å². The van der Waals surface area contributed by atoms with Gasteiger partial charge in [0.1, 0.15) is 17.9 Å². The van der Waals surface area contributed by atoms with Crippen molar-refractivity contribution in [3.05, 3.63) is 47.4 Å². The van der Waals surface area contributed by atoms with E-state index >= 15 is 4.39 Å². The highest BCUT2D eigenvalue weighted by molar-refractivity contribution is 6.36. The number of benzene rings is 2. The summed E-state index contributed by atoms with van der Waals surface area (Å²) in [4.78, 5) is 17.3. The molecular formula is C28H30ClFN6O. The second-order valence-electron chi connectivity index (χ2n) is 10.6. The number of rotatable bonds is 5. The maximum absolute atomic E-state index is 16.3. The lowest BCUT2D eigenvalue weighted by Crippen LogP contribution is -2.51. The van der Waals surface area contributed by atoms with E-state index in [1.807, 2.05) is 36.5 Å². The summed E-state index contributed by atoms with van der Waals surface area (Å²) in [6.45, 7) is 3.24. The largest absolute Gasteiger partial charge is 0.462 e. The van der Waals surface area contributed by atoms with Crippen molar-refractivity contribution in [3.63, 3.8) is 0 Å². The van der Waals surface area contributed by atoms with Crippen LogP contribution in [0.15, 0.2) is 36.5 Å². The van der Waals surface area contributed by atoms with Crippen LogP contribution < -0.4 is 15.0 Å². The average molecular weight is 521 g/mol. The summed E-state index contributed by atoms with van der Waals surface area (Å²) < 4.78 is 22.5. The highest BCUT2D eigenvalue weighted by atomic mass is 35.5. The molecule has 0 radical (unpaired) electrons. The first-order valence-electron chi connectivity index (χ1n) is 13.2. The van der Waals surface area contributed by atoms with Gasteiger partial charge in [-0.05, 0) is 57.5 Å². The highest BCUT2D eigenvalue weighted by Gasteiger charge is 2.34. The standard InChI is InChI=1S/C28H30ClFN6O/c1-35-11-3-4-18(35)15-37-28-33-26-20(27(34-28)36-13-16-7-8-17(14-36)32-16)10-9-19(25(26)30)21-12-31-23-6-2-5-22(29)24(21)23/h2,5-6,9-10,12,16-18,31-32H,3-4,7-8,11,13-15H2,1H3/t16?,17?,18-/m0/s1. The second kappa shape index (κ2) is 9.11. The first-order chi connectivity index (χ1) is 18.0. The van der Waals surface area contributed by atoms with Crippen LogP contribution in [0.5, 0.6) is 6.01 Å². The van der Waals surface area contributed by atoms with E-state index in [1.165, 1.54) is 0 Å². The maximum Gasteiger partial charge on any atom is 0.319 e. The van der Waals surface area contributed by atoms with Crippen molar-refractivity contribution >= 4 is 39.2 Å². The maximum atomic E-state index is 16.3. The van der Waals surface area contributed by atoms with Gasteiger partial charge in [-0.3, -0.25) is 0 Å². The Balaban J connectivity index is 1.34. The number of H-pyrrole nitrogens is 1. The molecular weight excluding hydrogens is 491 g/mol. The lowest BCUT2D eigenvalue weighted by molar-refractivity contribution is 0.188. The van der Waals surface area contributed by atoms with Gasteiger partial charge in [0.15, 0.2) is 5.82 Å². The number of nitrogens with zero attached hydrogens (tertiary/aromatic N) is 4. The van der Waals surface area contributed by atoms with Crippen LogP contribution in [0.4, 0.5) is 10.2 Å². The zero-order valence-corrected chi connectivity index (χ0v) is 21.6. The third-order valence-corrected chi connectivity index (χ3v) is 8.62. The van der Waals surface area contributed by atoms with Gasteiger partial charge >= 0.3 is 6.01 Å². The monoisotopic (exact) mass is 520 g/mol. The van der Waals surface area contributed by atoms with E-state index in [2.05, 4.69) is 32.1 Å². The summed E-state index contributed by atoms with van der Waals surface area (Å²) in [5.74, 6) is 0.364. The molecule has 0 aliphatic carbocycles. The smallest absolute Gasteiger partial charge is 0.319 e. The summed E-state index contributed by atoms with van der Waals surface area (Å²) in [5, 5.41) is 5.76. The van der Waals surface area contributed by atoms with E-state index in [0.29, 0.717) is 40.7 Å². The molecule has 2 aromatic heterocycles. The molecule has 2 aromatic carbocycles. The molecule has 2 unspecified atom stereocenters. The summed E-state index contributed by atoms with van der Waals surface area (Å²) in [7, 11) is 2.11. The van der Waals surface area contributed by atoms with Crippen molar-refractivity contribution < 1.29 is 9.13 Å². The number of likely N-dealkylation sites (tertiary alicyclic amines) is 1. The Morgan fingerprint density at radius 2 is 1.92 bits per heavy atom. The van der Waals surface area contributed by atoms with Crippen LogP contribution in [0.1, 0.15) is 25.7 Å². The highest BCUT2D eigenvalue weighted by Crippen LogP contribution is 2.39. The molecule has 4 aromatic rings. The molecule has 3 aliphatic heterocycles. The van der Waals surface area contributed by atoms with Crippen molar-refractivity contribution in [1.82, 2.24) is 25.2 Å². The lowest BCUT2D eigenvalue weighted by Gasteiger charge is -2.34. The minimum atomic E-state index is -0.386. The molecule has 0 amide bonds. The molecule has 2 N–H and O–H groups in total. The molecule has 9 heteroatoms. The summed E-state index contributed by atoms with van der Waals surface area (Å²) in [6, 6.07) is 10.8. The fraction of sp³-hybridized carbons (Fsp3) is 0.429. The normalized spacial score (nSPS) is 24.0. The van der Waals surface area contributed by atoms with E-state index in [1.54, 1.807) is 0 Å². The number of piperazine rings is 1. The summed E-state index contributed by atoms with van der Waals surface area (Å²) in [5.41, 5.74) is 2.32. The number of anilines is 1. The van der Waals surface area contributed by atoms with E-state index < -0.39 is 0 Å². The SMILES string of the molecule is CN1CCC[C@H]1COc1nc(N2CC3CCC(C2)N3)c2ccc(-c3c[nH]c4cccc(Cl)c34)c(F)c2n1. The van der Waals surface area contributed by atoms with Crippen LogP contribution in [0, 0.1) is 5.82 Å². The minimum Gasteiger partial charge on any atom is -0.462 e. The van der Waals surface area contributed by atoms with Crippen molar-refractivity contribution in [1.29, 1.82) is 0 Å². The molecule has 7 nitrogen and oxygen atoms in total. The van der Waals surface area contributed by atoms with E-state index in [-0.39, 0.29) is 17.3 Å². The summed E-state index contributed by atoms with van der Waals surface area (Å²) in [6.07, 6.45) is 6.36. The number of aromatic nitrogens is 3. The Hall–Kier alpha value is -2.94. The van der Waals surface area contributed by atoms with Crippen LogP contribution in [0.2, 0.25) is 5.02 Å². The Labute approximate surface area is 220 Å². The minimum absolute atomic E-state index is 0.238. The number of hydrogen-bond acceptors (Lipinski definition) is 6. The predicted octanol–water partition coefficient (Wildman–Crippen LogP) is 4.98. The Morgan fingerprint density at radius 1 is 1.08 bits per heavy atom. The molecule has 3 aliphatic rings. The number of aromatic amines is 1. The first kappa shape index (κ1) is 23.2. The second-order valence-corrected chi connectivity index (χ2v) is 11.1.